The molecule has 1 amide bonds. The first-order chi connectivity index (χ1) is 11.7. The fourth-order valence-corrected chi connectivity index (χ4v) is 2.49. The molecule has 0 aliphatic carbocycles. The highest BCUT2D eigenvalue weighted by molar-refractivity contribution is 5.90. The lowest BCUT2D eigenvalue weighted by Gasteiger charge is -1.99. The highest BCUT2D eigenvalue weighted by Gasteiger charge is 2.14. The average molecular weight is 321 g/mol. The first-order valence-corrected chi connectivity index (χ1v) is 7.60. The fraction of sp³-hybridized carbons (Fsp3) is 0.188. The number of nitrogens with one attached hydrogen (secondary N) is 1. The topological polar surface area (TPSA) is 89.5 Å². The standard InChI is InChI=1S/C16H15N7O/c1-11-5-7-18-16-20-14(21-23(11)16)15(24)17-8-6-12-10-22-9-3-2-4-13(22)19-12/h2-5,7,9-10H,6,8H2,1H3,(H,17,24). The Morgan fingerprint density at radius 1 is 1.25 bits per heavy atom. The van der Waals surface area contributed by atoms with Crippen LogP contribution in [0.25, 0.3) is 11.4 Å². The maximum absolute atomic E-state index is 12.2. The van der Waals surface area contributed by atoms with Crippen LogP contribution in [0.15, 0.2) is 42.9 Å². The van der Waals surface area contributed by atoms with E-state index in [2.05, 4.69) is 25.4 Å². The van der Waals surface area contributed by atoms with Crippen molar-refractivity contribution >= 4 is 17.3 Å². The second-order valence-electron chi connectivity index (χ2n) is 5.44. The quantitative estimate of drug-likeness (QED) is 0.607. The van der Waals surface area contributed by atoms with Crippen molar-refractivity contribution in [3.05, 3.63) is 60.1 Å². The van der Waals surface area contributed by atoms with Crippen LogP contribution >= 0.6 is 0 Å². The zero-order valence-electron chi connectivity index (χ0n) is 13.0. The molecule has 0 aromatic carbocycles. The minimum Gasteiger partial charge on any atom is -0.349 e. The minimum absolute atomic E-state index is 0.117. The van der Waals surface area contributed by atoms with E-state index in [9.17, 15) is 4.79 Å². The number of carbonyl (C=O) groups is 1. The van der Waals surface area contributed by atoms with Crippen LogP contribution in [0, 0.1) is 6.92 Å². The molecule has 0 spiro atoms. The average Bonchev–Trinajstić information content (AvgIpc) is 3.18. The van der Waals surface area contributed by atoms with Crippen molar-refractivity contribution in [3.63, 3.8) is 0 Å². The molecule has 0 radical (unpaired) electrons. The van der Waals surface area contributed by atoms with Crippen LogP contribution in [0.4, 0.5) is 0 Å². The van der Waals surface area contributed by atoms with Gasteiger partial charge in [0.25, 0.3) is 11.7 Å². The summed E-state index contributed by atoms with van der Waals surface area (Å²) in [6, 6.07) is 7.65. The third-order valence-corrected chi connectivity index (χ3v) is 3.71. The Hall–Kier alpha value is -3.29. The monoisotopic (exact) mass is 321 g/mol. The van der Waals surface area contributed by atoms with Crippen molar-refractivity contribution in [1.29, 1.82) is 0 Å². The van der Waals surface area contributed by atoms with Gasteiger partial charge in [0, 0.05) is 37.3 Å². The number of aromatic nitrogens is 6. The maximum Gasteiger partial charge on any atom is 0.291 e. The first-order valence-electron chi connectivity index (χ1n) is 7.60. The van der Waals surface area contributed by atoms with E-state index in [4.69, 9.17) is 0 Å². The van der Waals surface area contributed by atoms with Crippen molar-refractivity contribution in [1.82, 2.24) is 34.3 Å². The van der Waals surface area contributed by atoms with Crippen molar-refractivity contribution in [2.75, 3.05) is 6.54 Å². The number of aryl methyl sites for hydroxylation is 1. The number of nitrogens with zero attached hydrogens (tertiary/aromatic N) is 6. The molecule has 4 heterocycles. The van der Waals surface area contributed by atoms with Gasteiger partial charge in [-0.3, -0.25) is 4.79 Å². The molecule has 8 heteroatoms. The van der Waals surface area contributed by atoms with Gasteiger partial charge in [-0.2, -0.15) is 4.98 Å². The normalized spacial score (nSPS) is 11.2. The molecule has 0 atom stereocenters. The number of hydrogen-bond acceptors (Lipinski definition) is 5. The van der Waals surface area contributed by atoms with Crippen LogP contribution in [-0.4, -0.2) is 41.4 Å². The number of pyridine rings is 1. The fourth-order valence-electron chi connectivity index (χ4n) is 2.49. The van der Waals surface area contributed by atoms with E-state index in [-0.39, 0.29) is 11.7 Å². The zero-order valence-corrected chi connectivity index (χ0v) is 13.0. The van der Waals surface area contributed by atoms with Crippen LogP contribution in [0.3, 0.4) is 0 Å². The lowest BCUT2D eigenvalue weighted by Crippen LogP contribution is -2.26. The molecule has 4 aromatic heterocycles. The van der Waals surface area contributed by atoms with Gasteiger partial charge in [0.1, 0.15) is 5.65 Å². The van der Waals surface area contributed by atoms with Crippen molar-refractivity contribution in [2.45, 2.75) is 13.3 Å². The number of fused-ring (bicyclic) bond motifs is 2. The summed E-state index contributed by atoms with van der Waals surface area (Å²) in [7, 11) is 0. The van der Waals surface area contributed by atoms with E-state index in [0.29, 0.717) is 18.7 Å². The van der Waals surface area contributed by atoms with Crippen molar-refractivity contribution in [2.24, 2.45) is 0 Å². The smallest absolute Gasteiger partial charge is 0.291 e. The van der Waals surface area contributed by atoms with E-state index in [1.165, 1.54) is 0 Å². The Labute approximate surface area is 137 Å². The molecule has 4 rings (SSSR count). The molecule has 1 N–H and O–H groups in total. The zero-order chi connectivity index (χ0) is 16.5. The molecule has 0 fully saturated rings. The van der Waals surface area contributed by atoms with E-state index in [0.717, 1.165) is 17.0 Å². The second-order valence-corrected chi connectivity index (χ2v) is 5.44. The molecule has 0 unspecified atom stereocenters. The molecule has 0 saturated heterocycles. The Kier molecular flexibility index (Phi) is 3.42. The third kappa shape index (κ3) is 2.58. The Balaban J connectivity index is 1.43. The first kappa shape index (κ1) is 14.3. The third-order valence-electron chi connectivity index (χ3n) is 3.71. The van der Waals surface area contributed by atoms with Crippen LogP contribution in [-0.2, 0) is 6.42 Å². The maximum atomic E-state index is 12.2. The van der Waals surface area contributed by atoms with Crippen LogP contribution in [0.5, 0.6) is 0 Å². The molecule has 0 bridgehead atoms. The van der Waals surface area contributed by atoms with Crippen LogP contribution in [0.2, 0.25) is 0 Å². The Bertz CT molecular complexity index is 1000. The van der Waals surface area contributed by atoms with Crippen molar-refractivity contribution < 1.29 is 4.79 Å². The van der Waals surface area contributed by atoms with Gasteiger partial charge < -0.3 is 9.72 Å². The van der Waals surface area contributed by atoms with Crippen LogP contribution in [0.1, 0.15) is 22.0 Å². The minimum atomic E-state index is -0.316. The van der Waals surface area contributed by atoms with E-state index >= 15 is 0 Å². The summed E-state index contributed by atoms with van der Waals surface area (Å²) < 4.78 is 3.51. The summed E-state index contributed by atoms with van der Waals surface area (Å²) in [5.74, 6) is 0.218. The molecule has 120 valence electrons. The van der Waals surface area contributed by atoms with Gasteiger partial charge in [-0.15, -0.1) is 5.10 Å². The molecule has 4 aromatic rings. The Morgan fingerprint density at radius 2 is 2.17 bits per heavy atom. The molecule has 0 aliphatic rings. The summed E-state index contributed by atoms with van der Waals surface area (Å²) in [4.78, 5) is 24.9. The lowest BCUT2D eigenvalue weighted by atomic mass is 10.3. The van der Waals surface area contributed by atoms with Crippen molar-refractivity contribution in [3.8, 4) is 0 Å². The highest BCUT2D eigenvalue weighted by atomic mass is 16.2. The molecular formula is C16H15N7O. The molecular weight excluding hydrogens is 306 g/mol. The number of carbonyl (C=O) groups excluding carboxylic acids is 1. The molecule has 24 heavy (non-hydrogen) atoms. The van der Waals surface area contributed by atoms with Gasteiger partial charge in [0.15, 0.2) is 0 Å². The molecule has 0 saturated carbocycles. The van der Waals surface area contributed by atoms with Gasteiger partial charge >= 0.3 is 0 Å². The van der Waals surface area contributed by atoms with Gasteiger partial charge in [0.2, 0.25) is 5.82 Å². The number of hydrogen-bond donors (Lipinski definition) is 1. The predicted molar refractivity (Wildman–Crippen MR) is 86.7 cm³/mol. The van der Waals surface area contributed by atoms with E-state index in [1.54, 1.807) is 10.7 Å². The second kappa shape index (κ2) is 5.73. The lowest BCUT2D eigenvalue weighted by molar-refractivity contribution is 0.0944. The Morgan fingerprint density at radius 3 is 3.00 bits per heavy atom. The summed E-state index contributed by atoms with van der Waals surface area (Å²) in [6.07, 6.45) is 6.18. The van der Waals surface area contributed by atoms with Gasteiger partial charge in [-0.25, -0.2) is 14.5 Å². The number of rotatable bonds is 4. The van der Waals surface area contributed by atoms with Gasteiger partial charge in [0.05, 0.1) is 5.69 Å². The highest BCUT2D eigenvalue weighted by Crippen LogP contribution is 2.05. The summed E-state index contributed by atoms with van der Waals surface area (Å²) in [5.41, 5.74) is 2.68. The van der Waals surface area contributed by atoms with E-state index < -0.39 is 0 Å². The van der Waals surface area contributed by atoms with E-state index in [1.807, 2.05) is 48.0 Å². The summed E-state index contributed by atoms with van der Waals surface area (Å²) in [6.45, 7) is 2.35. The molecule has 0 aliphatic heterocycles. The number of imidazole rings is 1. The van der Waals surface area contributed by atoms with Gasteiger partial charge in [-0.05, 0) is 25.1 Å². The number of amides is 1. The predicted octanol–water partition coefficient (Wildman–Crippen LogP) is 1.05. The largest absolute Gasteiger partial charge is 0.349 e. The van der Waals surface area contributed by atoms with Gasteiger partial charge in [-0.1, -0.05) is 6.07 Å². The summed E-state index contributed by atoms with van der Waals surface area (Å²) in [5, 5.41) is 7.00. The SMILES string of the molecule is Cc1ccnc2nc(C(=O)NCCc3cn4ccccc4n3)nn12. The van der Waals surface area contributed by atoms with Crippen LogP contribution < -0.4 is 5.32 Å². The summed E-state index contributed by atoms with van der Waals surface area (Å²) >= 11 is 0. The molecule has 8 nitrogen and oxygen atoms in total.